The van der Waals surface area contributed by atoms with Crippen molar-refractivity contribution in [1.82, 2.24) is 10.2 Å². The molecule has 0 aliphatic heterocycles. The second-order valence-electron chi connectivity index (χ2n) is 6.44. The van der Waals surface area contributed by atoms with Crippen molar-refractivity contribution in [2.45, 2.75) is 13.0 Å². The van der Waals surface area contributed by atoms with Crippen LogP contribution in [0.25, 0.3) is 0 Å². The van der Waals surface area contributed by atoms with Crippen LogP contribution >= 0.6 is 24.0 Å². The topological polar surface area (TPSA) is 64.6 Å². The maximum Gasteiger partial charge on any atom is 0.193 e. The van der Waals surface area contributed by atoms with Crippen LogP contribution in [0.4, 0.5) is 0 Å². The lowest BCUT2D eigenvalue weighted by molar-refractivity contribution is 0.382. The number of hydrogen-bond acceptors (Lipinski definition) is 5. The van der Waals surface area contributed by atoms with E-state index in [9.17, 15) is 0 Å². The highest BCUT2D eigenvalue weighted by Crippen LogP contribution is 2.26. The third-order valence-corrected chi connectivity index (χ3v) is 4.64. The number of methoxy groups -OCH3 is 4. The van der Waals surface area contributed by atoms with Crippen LogP contribution < -0.4 is 24.3 Å². The van der Waals surface area contributed by atoms with E-state index in [1.54, 1.807) is 35.5 Å². The van der Waals surface area contributed by atoms with Crippen molar-refractivity contribution in [2.24, 2.45) is 4.99 Å². The Morgan fingerprint density at radius 1 is 0.867 bits per heavy atom. The van der Waals surface area contributed by atoms with Gasteiger partial charge in [-0.05, 0) is 42.3 Å². The number of aliphatic imine (C=N–C) groups is 1. The second kappa shape index (κ2) is 13.0. The molecule has 0 amide bonds. The van der Waals surface area contributed by atoms with E-state index in [-0.39, 0.29) is 24.0 Å². The number of guanidine groups is 1. The first-order valence-electron chi connectivity index (χ1n) is 9.39. The van der Waals surface area contributed by atoms with Crippen LogP contribution in [0.3, 0.4) is 0 Å². The van der Waals surface area contributed by atoms with Crippen molar-refractivity contribution >= 4 is 29.9 Å². The van der Waals surface area contributed by atoms with Gasteiger partial charge in [0.15, 0.2) is 5.96 Å². The van der Waals surface area contributed by atoms with Crippen molar-refractivity contribution < 1.29 is 18.9 Å². The third-order valence-electron chi connectivity index (χ3n) is 4.64. The van der Waals surface area contributed by atoms with E-state index >= 15 is 0 Å². The number of nitrogens with one attached hydrogen (secondary N) is 1. The second-order valence-corrected chi connectivity index (χ2v) is 6.44. The van der Waals surface area contributed by atoms with Crippen molar-refractivity contribution in [1.29, 1.82) is 0 Å². The molecule has 0 aliphatic rings. The quantitative estimate of drug-likeness (QED) is 0.305. The van der Waals surface area contributed by atoms with Crippen LogP contribution in [0.15, 0.2) is 41.4 Å². The Bertz CT molecular complexity index is 830. The maximum atomic E-state index is 5.50. The summed E-state index contributed by atoms with van der Waals surface area (Å²) in [6.45, 7) is 1.36. The lowest BCUT2D eigenvalue weighted by Gasteiger charge is -2.23. The molecule has 0 bridgehead atoms. The molecule has 0 heterocycles. The molecular formula is C22H32IN3O4. The van der Waals surface area contributed by atoms with E-state index in [0.29, 0.717) is 13.1 Å². The molecule has 0 aliphatic carbocycles. The number of rotatable bonds is 9. The normalized spacial score (nSPS) is 10.7. The molecule has 2 rings (SSSR count). The van der Waals surface area contributed by atoms with Crippen LogP contribution in [0.5, 0.6) is 23.0 Å². The predicted octanol–water partition coefficient (Wildman–Crippen LogP) is 3.59. The van der Waals surface area contributed by atoms with Crippen molar-refractivity contribution in [3.63, 3.8) is 0 Å². The van der Waals surface area contributed by atoms with Gasteiger partial charge in [0, 0.05) is 38.8 Å². The minimum absolute atomic E-state index is 0. The summed E-state index contributed by atoms with van der Waals surface area (Å²) in [4.78, 5) is 6.44. The van der Waals surface area contributed by atoms with Gasteiger partial charge in [-0.2, -0.15) is 0 Å². The number of halogens is 1. The van der Waals surface area contributed by atoms with E-state index < -0.39 is 0 Å². The molecule has 0 fully saturated rings. The van der Waals surface area contributed by atoms with Crippen LogP contribution in [0.2, 0.25) is 0 Å². The Labute approximate surface area is 196 Å². The fraction of sp³-hybridized carbons (Fsp3) is 0.409. The standard InChI is InChI=1S/C22H31N3O4.HI/c1-23-22(24-12-11-16-13-18(26-3)9-10-20(16)28-5)25(2)15-17-7-8-19(27-4)14-21(17)29-6;/h7-10,13-14H,11-12,15H2,1-6H3,(H,23,24);1H. The smallest absolute Gasteiger partial charge is 0.193 e. The summed E-state index contributed by atoms with van der Waals surface area (Å²) in [5.74, 6) is 4.01. The summed E-state index contributed by atoms with van der Waals surface area (Å²) >= 11 is 0. The summed E-state index contributed by atoms with van der Waals surface area (Å²) in [6.07, 6.45) is 0.777. The zero-order chi connectivity index (χ0) is 21.2. The lowest BCUT2D eigenvalue weighted by Crippen LogP contribution is -2.39. The molecule has 0 spiro atoms. The van der Waals surface area contributed by atoms with E-state index in [4.69, 9.17) is 18.9 Å². The van der Waals surface area contributed by atoms with Gasteiger partial charge in [0.2, 0.25) is 0 Å². The zero-order valence-electron chi connectivity index (χ0n) is 18.5. The van der Waals surface area contributed by atoms with Crippen LogP contribution in [-0.4, -0.2) is 59.9 Å². The van der Waals surface area contributed by atoms with Gasteiger partial charge in [-0.1, -0.05) is 0 Å². The number of nitrogens with zero attached hydrogens (tertiary/aromatic N) is 2. The van der Waals surface area contributed by atoms with Crippen LogP contribution in [0, 0.1) is 0 Å². The molecule has 0 radical (unpaired) electrons. The van der Waals surface area contributed by atoms with Gasteiger partial charge >= 0.3 is 0 Å². The lowest BCUT2D eigenvalue weighted by atomic mass is 10.1. The Morgan fingerprint density at radius 3 is 2.10 bits per heavy atom. The van der Waals surface area contributed by atoms with Gasteiger partial charge in [0.25, 0.3) is 0 Å². The van der Waals surface area contributed by atoms with Gasteiger partial charge in [0.05, 0.1) is 28.4 Å². The molecular weight excluding hydrogens is 497 g/mol. The van der Waals surface area contributed by atoms with Crippen molar-refractivity contribution in [3.05, 3.63) is 47.5 Å². The average molecular weight is 529 g/mol. The Balaban J connectivity index is 0.00000450. The molecule has 1 N–H and O–H groups in total. The summed E-state index contributed by atoms with van der Waals surface area (Å²) < 4.78 is 21.5. The Kier molecular flexibility index (Phi) is 11.2. The molecule has 0 atom stereocenters. The van der Waals surface area contributed by atoms with Gasteiger partial charge in [0.1, 0.15) is 23.0 Å². The molecule has 30 heavy (non-hydrogen) atoms. The highest BCUT2D eigenvalue weighted by molar-refractivity contribution is 14.0. The van der Waals surface area contributed by atoms with Crippen LogP contribution in [-0.2, 0) is 13.0 Å². The third kappa shape index (κ3) is 6.86. The molecule has 0 unspecified atom stereocenters. The molecule has 0 aromatic heterocycles. The van der Waals surface area contributed by atoms with Crippen LogP contribution in [0.1, 0.15) is 11.1 Å². The van der Waals surface area contributed by atoms with E-state index in [0.717, 1.165) is 46.5 Å². The highest BCUT2D eigenvalue weighted by atomic mass is 127. The van der Waals surface area contributed by atoms with E-state index in [1.807, 2.05) is 48.3 Å². The first-order valence-corrected chi connectivity index (χ1v) is 9.39. The first kappa shape index (κ1) is 25.7. The van der Waals surface area contributed by atoms with Crippen molar-refractivity contribution in [2.75, 3.05) is 49.1 Å². The fourth-order valence-corrected chi connectivity index (χ4v) is 3.08. The molecule has 8 heteroatoms. The predicted molar refractivity (Wildman–Crippen MR) is 131 cm³/mol. The van der Waals surface area contributed by atoms with E-state index in [2.05, 4.69) is 10.3 Å². The summed E-state index contributed by atoms with van der Waals surface area (Å²) in [7, 11) is 10.4. The SMILES string of the molecule is CN=C(NCCc1cc(OC)ccc1OC)N(C)Cc1ccc(OC)cc1OC.I. The van der Waals surface area contributed by atoms with Gasteiger partial charge in [-0.3, -0.25) is 4.99 Å². The molecule has 0 saturated heterocycles. The summed E-state index contributed by atoms with van der Waals surface area (Å²) in [5, 5.41) is 3.40. The number of ether oxygens (including phenoxy) is 4. The molecule has 2 aromatic carbocycles. The highest BCUT2D eigenvalue weighted by Gasteiger charge is 2.12. The van der Waals surface area contributed by atoms with Crippen molar-refractivity contribution in [3.8, 4) is 23.0 Å². The average Bonchev–Trinajstić information content (AvgIpc) is 2.76. The number of benzene rings is 2. The van der Waals surface area contributed by atoms with E-state index in [1.165, 1.54) is 0 Å². The summed E-state index contributed by atoms with van der Waals surface area (Å²) in [5.41, 5.74) is 2.13. The van der Waals surface area contributed by atoms with Gasteiger partial charge in [-0.15, -0.1) is 24.0 Å². The minimum atomic E-state index is 0. The monoisotopic (exact) mass is 529 g/mol. The maximum absolute atomic E-state index is 5.50. The summed E-state index contributed by atoms with van der Waals surface area (Å²) in [6, 6.07) is 11.6. The number of hydrogen-bond donors (Lipinski definition) is 1. The minimum Gasteiger partial charge on any atom is -0.497 e. The van der Waals surface area contributed by atoms with Gasteiger partial charge < -0.3 is 29.2 Å². The zero-order valence-corrected chi connectivity index (χ0v) is 20.9. The van der Waals surface area contributed by atoms with Gasteiger partial charge in [-0.25, -0.2) is 0 Å². The molecule has 166 valence electrons. The Hall–Kier alpha value is -2.36. The first-order chi connectivity index (χ1) is 14.1. The fourth-order valence-electron chi connectivity index (χ4n) is 3.08. The molecule has 7 nitrogen and oxygen atoms in total. The largest absolute Gasteiger partial charge is 0.497 e. The molecule has 0 saturated carbocycles. The Morgan fingerprint density at radius 2 is 1.50 bits per heavy atom. The molecule has 2 aromatic rings.